The van der Waals surface area contributed by atoms with Crippen LogP contribution < -0.4 is 10.7 Å². The Bertz CT molecular complexity index is 1090. The molecule has 0 aliphatic carbocycles. The molecule has 2 heterocycles. The lowest BCUT2D eigenvalue weighted by Gasteiger charge is -2.11. The molecule has 0 aliphatic rings. The van der Waals surface area contributed by atoms with E-state index in [-0.39, 0.29) is 16.9 Å². The lowest BCUT2D eigenvalue weighted by molar-refractivity contribution is -0.384. The molecule has 1 N–H and O–H groups in total. The molecular weight excluding hydrogens is 336 g/mol. The first-order valence-electron chi connectivity index (χ1n) is 7.97. The van der Waals surface area contributed by atoms with Gasteiger partial charge in [-0.1, -0.05) is 6.07 Å². The maximum absolute atomic E-state index is 12.7. The van der Waals surface area contributed by atoms with Gasteiger partial charge in [0.2, 0.25) is 5.43 Å². The predicted octanol–water partition coefficient (Wildman–Crippen LogP) is 2.89. The van der Waals surface area contributed by atoms with Crippen LogP contribution in [-0.2, 0) is 6.54 Å². The number of nitro groups is 1. The van der Waals surface area contributed by atoms with Crippen molar-refractivity contribution in [1.82, 2.24) is 9.55 Å². The van der Waals surface area contributed by atoms with Crippen LogP contribution in [0.1, 0.15) is 23.0 Å². The van der Waals surface area contributed by atoms with Gasteiger partial charge in [0.05, 0.1) is 10.3 Å². The molecule has 3 rings (SSSR count). The van der Waals surface area contributed by atoms with Gasteiger partial charge in [0, 0.05) is 36.3 Å². The maximum atomic E-state index is 12.7. The van der Waals surface area contributed by atoms with Crippen LogP contribution >= 0.6 is 0 Å². The minimum atomic E-state index is -0.625. The molecule has 3 aromatic rings. The van der Waals surface area contributed by atoms with Crippen molar-refractivity contribution in [2.45, 2.75) is 20.4 Å². The van der Waals surface area contributed by atoms with Crippen molar-refractivity contribution >= 4 is 28.3 Å². The van der Waals surface area contributed by atoms with E-state index in [1.807, 2.05) is 13.8 Å². The van der Waals surface area contributed by atoms with Crippen LogP contribution in [0, 0.1) is 17.0 Å². The van der Waals surface area contributed by atoms with Crippen LogP contribution in [0.2, 0.25) is 0 Å². The monoisotopic (exact) mass is 352 g/mol. The highest BCUT2D eigenvalue weighted by Gasteiger charge is 2.17. The smallest absolute Gasteiger partial charge is 0.271 e. The Balaban J connectivity index is 2.05. The number of carbonyl (C=O) groups is 1. The number of fused-ring (bicyclic) bond motifs is 1. The van der Waals surface area contributed by atoms with Gasteiger partial charge >= 0.3 is 0 Å². The number of nitrogens with zero attached hydrogens (tertiary/aromatic N) is 3. The summed E-state index contributed by atoms with van der Waals surface area (Å²) >= 11 is 0. The summed E-state index contributed by atoms with van der Waals surface area (Å²) in [4.78, 5) is 40.0. The van der Waals surface area contributed by atoms with Gasteiger partial charge in [-0.15, -0.1) is 0 Å². The van der Waals surface area contributed by atoms with Crippen molar-refractivity contribution in [2.24, 2.45) is 0 Å². The van der Waals surface area contributed by atoms with Crippen molar-refractivity contribution in [3.63, 3.8) is 0 Å². The van der Waals surface area contributed by atoms with Gasteiger partial charge in [-0.05, 0) is 32.0 Å². The third-order valence-electron chi connectivity index (χ3n) is 3.96. The molecule has 2 aromatic heterocycles. The zero-order valence-electron chi connectivity index (χ0n) is 14.2. The molecule has 0 aliphatic heterocycles. The van der Waals surface area contributed by atoms with E-state index in [0.717, 1.165) is 5.69 Å². The molecule has 0 bridgehead atoms. The Morgan fingerprint density at radius 1 is 1.31 bits per heavy atom. The summed E-state index contributed by atoms with van der Waals surface area (Å²) in [5, 5.41) is 13.7. The predicted molar refractivity (Wildman–Crippen MR) is 97.5 cm³/mol. The fourth-order valence-corrected chi connectivity index (χ4v) is 2.66. The fraction of sp³-hybridized carbons (Fsp3) is 0.167. The Labute approximate surface area is 148 Å². The van der Waals surface area contributed by atoms with E-state index >= 15 is 0 Å². The number of hydrogen-bond acceptors (Lipinski definition) is 5. The Hall–Kier alpha value is -3.55. The SMILES string of the molecule is CCn1cc(C(=O)Nc2cccc([N+](=O)[O-])c2)c(=O)c2ccc(C)nc21. The molecule has 0 saturated heterocycles. The molecule has 0 radical (unpaired) electrons. The molecular formula is C18H16N4O4. The average Bonchev–Trinajstić information content (AvgIpc) is 2.62. The fourth-order valence-electron chi connectivity index (χ4n) is 2.66. The molecule has 26 heavy (non-hydrogen) atoms. The number of hydrogen-bond donors (Lipinski definition) is 1. The highest BCUT2D eigenvalue weighted by atomic mass is 16.6. The quantitative estimate of drug-likeness (QED) is 0.574. The normalized spacial score (nSPS) is 10.7. The molecule has 0 unspecified atom stereocenters. The Morgan fingerprint density at radius 2 is 2.08 bits per heavy atom. The second kappa shape index (κ2) is 6.75. The van der Waals surface area contributed by atoms with Gasteiger partial charge in [-0.25, -0.2) is 4.98 Å². The van der Waals surface area contributed by atoms with Gasteiger partial charge in [-0.2, -0.15) is 0 Å². The van der Waals surface area contributed by atoms with Gasteiger partial charge in [0.1, 0.15) is 11.2 Å². The summed E-state index contributed by atoms with van der Waals surface area (Å²) < 4.78 is 1.73. The number of amides is 1. The summed E-state index contributed by atoms with van der Waals surface area (Å²) in [6.07, 6.45) is 1.46. The second-order valence-electron chi connectivity index (χ2n) is 5.74. The Morgan fingerprint density at radius 3 is 2.77 bits per heavy atom. The minimum absolute atomic E-state index is 0.0449. The van der Waals surface area contributed by atoms with Crippen molar-refractivity contribution in [1.29, 1.82) is 0 Å². The highest BCUT2D eigenvalue weighted by molar-refractivity contribution is 6.05. The number of aryl methyl sites for hydroxylation is 2. The zero-order valence-corrected chi connectivity index (χ0v) is 14.2. The van der Waals surface area contributed by atoms with Crippen LogP contribution in [0.25, 0.3) is 11.0 Å². The topological polar surface area (TPSA) is 107 Å². The number of aromatic nitrogens is 2. The van der Waals surface area contributed by atoms with Gasteiger partial charge in [0.15, 0.2) is 0 Å². The molecule has 1 amide bonds. The van der Waals surface area contributed by atoms with Crippen LogP contribution in [0.5, 0.6) is 0 Å². The number of carbonyl (C=O) groups excluding carboxylic acids is 1. The summed E-state index contributed by atoms with van der Waals surface area (Å²) in [5.74, 6) is -0.625. The standard InChI is InChI=1S/C18H16N4O4/c1-3-21-10-15(16(23)14-8-7-11(2)19-17(14)21)18(24)20-12-5-4-6-13(9-12)22(25)26/h4-10H,3H2,1-2H3,(H,20,24). The van der Waals surface area contributed by atoms with Crippen LogP contribution in [0.3, 0.4) is 0 Å². The largest absolute Gasteiger partial charge is 0.332 e. The third-order valence-corrected chi connectivity index (χ3v) is 3.96. The second-order valence-corrected chi connectivity index (χ2v) is 5.74. The van der Waals surface area contributed by atoms with E-state index < -0.39 is 16.3 Å². The number of anilines is 1. The highest BCUT2D eigenvalue weighted by Crippen LogP contribution is 2.18. The Kier molecular flexibility index (Phi) is 4.49. The third kappa shape index (κ3) is 3.16. The maximum Gasteiger partial charge on any atom is 0.271 e. The number of pyridine rings is 2. The molecule has 8 nitrogen and oxygen atoms in total. The van der Waals surface area contributed by atoms with Gasteiger partial charge in [-0.3, -0.25) is 19.7 Å². The van der Waals surface area contributed by atoms with Crippen molar-refractivity contribution in [2.75, 3.05) is 5.32 Å². The summed E-state index contributed by atoms with van der Waals surface area (Å²) in [6, 6.07) is 8.91. The van der Waals surface area contributed by atoms with E-state index in [4.69, 9.17) is 0 Å². The average molecular weight is 352 g/mol. The zero-order chi connectivity index (χ0) is 18.8. The lowest BCUT2D eigenvalue weighted by atomic mass is 10.1. The van der Waals surface area contributed by atoms with Crippen LogP contribution in [-0.4, -0.2) is 20.4 Å². The van der Waals surface area contributed by atoms with Crippen molar-refractivity contribution in [3.05, 3.63) is 74.2 Å². The first-order chi connectivity index (χ1) is 12.4. The van der Waals surface area contributed by atoms with E-state index in [2.05, 4.69) is 10.3 Å². The van der Waals surface area contributed by atoms with Crippen LogP contribution in [0.4, 0.5) is 11.4 Å². The summed E-state index contributed by atoms with van der Waals surface area (Å²) in [7, 11) is 0. The summed E-state index contributed by atoms with van der Waals surface area (Å²) in [6.45, 7) is 4.24. The van der Waals surface area contributed by atoms with Gasteiger partial charge in [0.25, 0.3) is 11.6 Å². The number of nitro benzene ring substituents is 1. The van der Waals surface area contributed by atoms with E-state index in [1.54, 1.807) is 16.7 Å². The molecule has 0 spiro atoms. The molecule has 132 valence electrons. The molecule has 8 heteroatoms. The molecule has 0 atom stereocenters. The minimum Gasteiger partial charge on any atom is -0.332 e. The molecule has 1 aromatic carbocycles. The molecule has 0 saturated carbocycles. The summed E-state index contributed by atoms with van der Waals surface area (Å²) in [5.41, 5.74) is 0.912. The van der Waals surface area contributed by atoms with Crippen molar-refractivity contribution in [3.8, 4) is 0 Å². The number of benzene rings is 1. The van der Waals surface area contributed by atoms with Crippen molar-refractivity contribution < 1.29 is 9.72 Å². The van der Waals surface area contributed by atoms with Crippen LogP contribution in [0.15, 0.2) is 47.4 Å². The van der Waals surface area contributed by atoms with E-state index in [0.29, 0.717) is 17.6 Å². The number of rotatable bonds is 4. The van der Waals surface area contributed by atoms with E-state index in [9.17, 15) is 19.7 Å². The van der Waals surface area contributed by atoms with Gasteiger partial charge < -0.3 is 9.88 Å². The number of non-ortho nitro benzene ring substituents is 1. The lowest BCUT2D eigenvalue weighted by Crippen LogP contribution is -2.24. The number of nitrogens with one attached hydrogen (secondary N) is 1. The van der Waals surface area contributed by atoms with E-state index in [1.165, 1.54) is 30.5 Å². The first kappa shape index (κ1) is 17.3. The molecule has 0 fully saturated rings. The first-order valence-corrected chi connectivity index (χ1v) is 7.97.